The Kier molecular flexibility index (Phi) is 5.81. The van der Waals surface area contributed by atoms with E-state index >= 15 is 0 Å². The number of halogens is 4. The van der Waals surface area contributed by atoms with Crippen LogP contribution >= 0.6 is 0 Å². The predicted octanol–water partition coefficient (Wildman–Crippen LogP) is 6.24. The van der Waals surface area contributed by atoms with Gasteiger partial charge in [-0.1, -0.05) is 13.8 Å². The molecule has 0 N–H and O–H groups in total. The van der Waals surface area contributed by atoms with Crippen LogP contribution in [0.1, 0.15) is 65.2 Å². The van der Waals surface area contributed by atoms with Crippen LogP contribution in [0.3, 0.4) is 0 Å². The number of hydrogen-bond acceptors (Lipinski definition) is 0. The molecule has 3 rings (SSSR count). The Labute approximate surface area is 143 Å². The van der Waals surface area contributed by atoms with Crippen LogP contribution in [0, 0.1) is 35.5 Å². The van der Waals surface area contributed by atoms with Crippen LogP contribution in [0.25, 0.3) is 0 Å². The first kappa shape index (κ1) is 18.5. The van der Waals surface area contributed by atoms with Crippen molar-refractivity contribution < 1.29 is 17.6 Å². The molecule has 0 aromatic carbocycles. The number of alkyl halides is 4. The fourth-order valence-electron chi connectivity index (χ4n) is 5.64. The van der Waals surface area contributed by atoms with E-state index in [1.807, 2.05) is 0 Å². The van der Waals surface area contributed by atoms with Crippen molar-refractivity contribution in [2.75, 3.05) is 0 Å². The third-order valence-electron chi connectivity index (χ3n) is 7.45. The van der Waals surface area contributed by atoms with E-state index in [4.69, 9.17) is 0 Å². The molecule has 0 aliphatic heterocycles. The van der Waals surface area contributed by atoms with Crippen LogP contribution in [0.15, 0.2) is 0 Å². The SMILES string of the molecule is CC1CCC(C2CCC(C3CCC(C)C(F)C3F)CC2)C(F)C1F. The van der Waals surface area contributed by atoms with Crippen molar-refractivity contribution in [2.24, 2.45) is 35.5 Å². The molecule has 3 fully saturated rings. The second-order valence-corrected chi connectivity index (χ2v) is 8.89. The lowest BCUT2D eigenvalue weighted by atomic mass is 9.64. The van der Waals surface area contributed by atoms with Gasteiger partial charge in [-0.3, -0.25) is 0 Å². The van der Waals surface area contributed by atoms with Crippen LogP contribution in [0.5, 0.6) is 0 Å². The minimum absolute atomic E-state index is 0.168. The normalized spacial score (nSPS) is 53.8. The molecule has 24 heavy (non-hydrogen) atoms. The maximum atomic E-state index is 14.4. The van der Waals surface area contributed by atoms with E-state index in [1.54, 1.807) is 13.8 Å². The van der Waals surface area contributed by atoms with Crippen molar-refractivity contribution in [3.05, 3.63) is 0 Å². The molecule has 3 aliphatic rings. The van der Waals surface area contributed by atoms with Gasteiger partial charge in [0, 0.05) is 0 Å². The monoisotopic (exact) mass is 348 g/mol. The van der Waals surface area contributed by atoms with Gasteiger partial charge in [0.05, 0.1) is 0 Å². The summed E-state index contributed by atoms with van der Waals surface area (Å²) >= 11 is 0. The van der Waals surface area contributed by atoms with Gasteiger partial charge in [-0.15, -0.1) is 0 Å². The van der Waals surface area contributed by atoms with Crippen LogP contribution in [-0.2, 0) is 0 Å². The van der Waals surface area contributed by atoms with Crippen molar-refractivity contribution in [3.8, 4) is 0 Å². The summed E-state index contributed by atoms with van der Waals surface area (Å²) in [6, 6.07) is 0. The zero-order valence-corrected chi connectivity index (χ0v) is 14.9. The lowest BCUT2D eigenvalue weighted by molar-refractivity contribution is -0.0282. The fourth-order valence-corrected chi connectivity index (χ4v) is 5.64. The summed E-state index contributed by atoms with van der Waals surface area (Å²) in [5, 5.41) is 0. The Morgan fingerprint density at radius 2 is 0.792 bits per heavy atom. The van der Waals surface area contributed by atoms with Crippen LogP contribution in [-0.4, -0.2) is 24.7 Å². The lowest BCUT2D eigenvalue weighted by Crippen LogP contribution is -2.43. The van der Waals surface area contributed by atoms with E-state index in [0.717, 1.165) is 51.4 Å². The molecule has 0 nitrogen and oxygen atoms in total. The highest BCUT2D eigenvalue weighted by Gasteiger charge is 2.45. The third kappa shape index (κ3) is 3.49. The summed E-state index contributed by atoms with van der Waals surface area (Å²) in [6.45, 7) is 3.59. The summed E-state index contributed by atoms with van der Waals surface area (Å²) in [6.07, 6.45) is 1.16. The summed E-state index contributed by atoms with van der Waals surface area (Å²) < 4.78 is 56.8. The highest BCUT2D eigenvalue weighted by Crippen LogP contribution is 2.48. The Morgan fingerprint density at radius 1 is 0.458 bits per heavy atom. The van der Waals surface area contributed by atoms with E-state index in [9.17, 15) is 17.6 Å². The van der Waals surface area contributed by atoms with Gasteiger partial charge < -0.3 is 0 Å². The quantitative estimate of drug-likeness (QED) is 0.518. The smallest absolute Gasteiger partial charge is 0.134 e. The van der Waals surface area contributed by atoms with Crippen LogP contribution < -0.4 is 0 Å². The Bertz CT molecular complexity index is 368. The second kappa shape index (κ2) is 7.53. The molecule has 0 spiro atoms. The van der Waals surface area contributed by atoms with Gasteiger partial charge in [-0.05, 0) is 86.9 Å². The van der Waals surface area contributed by atoms with E-state index in [0.29, 0.717) is 0 Å². The summed E-state index contributed by atoms with van der Waals surface area (Å²) in [5.74, 6) is -0.235. The average molecular weight is 348 g/mol. The molecule has 0 radical (unpaired) electrons. The molecule has 0 amide bonds. The van der Waals surface area contributed by atoms with E-state index < -0.39 is 24.7 Å². The maximum absolute atomic E-state index is 14.4. The molecular formula is C20H32F4. The fraction of sp³-hybridized carbons (Fsp3) is 1.00. The van der Waals surface area contributed by atoms with E-state index in [2.05, 4.69) is 0 Å². The van der Waals surface area contributed by atoms with E-state index in [-0.39, 0.29) is 35.5 Å². The maximum Gasteiger partial charge on any atom is 0.134 e. The van der Waals surface area contributed by atoms with Crippen LogP contribution in [0.2, 0.25) is 0 Å². The molecule has 8 unspecified atom stereocenters. The molecule has 0 heterocycles. The first-order valence-corrected chi connectivity index (χ1v) is 9.96. The predicted molar refractivity (Wildman–Crippen MR) is 88.8 cm³/mol. The van der Waals surface area contributed by atoms with Gasteiger partial charge in [-0.2, -0.15) is 0 Å². The summed E-state index contributed by atoms with van der Waals surface area (Å²) in [4.78, 5) is 0. The lowest BCUT2D eigenvalue weighted by Gasteiger charge is -2.44. The molecular weight excluding hydrogens is 316 g/mol. The first-order valence-electron chi connectivity index (χ1n) is 9.96. The molecule has 8 atom stereocenters. The second-order valence-electron chi connectivity index (χ2n) is 8.89. The van der Waals surface area contributed by atoms with Gasteiger partial charge in [-0.25, -0.2) is 17.6 Å². The van der Waals surface area contributed by atoms with Crippen molar-refractivity contribution in [1.82, 2.24) is 0 Å². The third-order valence-corrected chi connectivity index (χ3v) is 7.45. The van der Waals surface area contributed by atoms with Gasteiger partial charge >= 0.3 is 0 Å². The topological polar surface area (TPSA) is 0 Å². The van der Waals surface area contributed by atoms with Gasteiger partial charge in [0.1, 0.15) is 24.7 Å². The van der Waals surface area contributed by atoms with Crippen molar-refractivity contribution >= 4 is 0 Å². The average Bonchev–Trinajstić information content (AvgIpc) is 2.58. The largest absolute Gasteiger partial charge is 0.244 e. The van der Waals surface area contributed by atoms with Crippen molar-refractivity contribution in [1.29, 1.82) is 0 Å². The summed E-state index contributed by atoms with van der Waals surface area (Å²) in [7, 11) is 0. The highest BCUT2D eigenvalue weighted by molar-refractivity contribution is 4.94. The summed E-state index contributed by atoms with van der Waals surface area (Å²) in [5.41, 5.74) is 0. The Morgan fingerprint density at radius 3 is 1.12 bits per heavy atom. The molecule has 3 aliphatic carbocycles. The van der Waals surface area contributed by atoms with Crippen molar-refractivity contribution in [3.63, 3.8) is 0 Å². The van der Waals surface area contributed by atoms with Gasteiger partial charge in [0.2, 0.25) is 0 Å². The molecule has 0 saturated heterocycles. The van der Waals surface area contributed by atoms with Gasteiger partial charge in [0.25, 0.3) is 0 Å². The Balaban J connectivity index is 1.54. The zero-order valence-electron chi connectivity index (χ0n) is 14.9. The minimum Gasteiger partial charge on any atom is -0.244 e. The minimum atomic E-state index is -1.34. The molecule has 0 bridgehead atoms. The van der Waals surface area contributed by atoms with Gasteiger partial charge in [0.15, 0.2) is 0 Å². The molecule has 0 aromatic heterocycles. The number of rotatable bonds is 2. The first-order chi connectivity index (χ1) is 11.4. The van der Waals surface area contributed by atoms with E-state index in [1.165, 1.54) is 0 Å². The zero-order chi connectivity index (χ0) is 17.4. The number of hydrogen-bond donors (Lipinski definition) is 0. The Hall–Kier alpha value is -0.280. The standard InChI is InChI=1S/C20H32F4/c1-11-3-9-15(19(23)17(11)21)13-5-7-14(8-6-13)16-10-4-12(2)18(22)20(16)24/h11-20H,3-10H2,1-2H3. The highest BCUT2D eigenvalue weighted by atomic mass is 19.2. The molecule has 0 aromatic rings. The molecule has 4 heteroatoms. The molecule has 140 valence electrons. The van der Waals surface area contributed by atoms with Crippen molar-refractivity contribution in [2.45, 2.75) is 89.9 Å². The molecule has 3 saturated carbocycles. The van der Waals surface area contributed by atoms with Crippen LogP contribution in [0.4, 0.5) is 17.6 Å².